The fraction of sp³-hybridized carbons (Fsp3) is 0.152. The summed E-state index contributed by atoms with van der Waals surface area (Å²) in [5.74, 6) is -1.46. The van der Waals surface area contributed by atoms with Crippen LogP contribution in [0.1, 0.15) is 28.7 Å². The number of halogens is 2. The minimum atomic E-state index is -3.86. The summed E-state index contributed by atoms with van der Waals surface area (Å²) < 4.78 is 60.4. The van der Waals surface area contributed by atoms with Crippen molar-refractivity contribution >= 4 is 26.6 Å². The molecule has 0 radical (unpaired) electrons. The first-order chi connectivity index (χ1) is 21.7. The van der Waals surface area contributed by atoms with Crippen LogP contribution in [-0.4, -0.2) is 41.7 Å². The third-order valence-electron chi connectivity index (χ3n) is 7.33. The molecule has 0 aliphatic carbocycles. The first kappa shape index (κ1) is 30.1. The molecule has 0 fully saturated rings. The lowest BCUT2D eigenvalue weighted by molar-refractivity contribution is 0.175. The predicted molar refractivity (Wildman–Crippen MR) is 166 cm³/mol. The molecule has 2 aromatic heterocycles. The van der Waals surface area contributed by atoms with Crippen molar-refractivity contribution in [2.45, 2.75) is 23.8 Å². The Kier molecular flexibility index (Phi) is 8.69. The minimum Gasteiger partial charge on any atom is -0.387 e. The zero-order chi connectivity index (χ0) is 31.4. The summed E-state index contributed by atoms with van der Waals surface area (Å²) in [6, 6.07) is 24.5. The van der Waals surface area contributed by atoms with Gasteiger partial charge >= 0.3 is 0 Å². The van der Waals surface area contributed by atoms with Crippen LogP contribution in [0, 0.1) is 11.6 Å². The average molecular weight is 630 g/mol. The lowest BCUT2D eigenvalue weighted by atomic mass is 10.1. The molecular weight excluding hydrogens is 600 g/mol. The van der Waals surface area contributed by atoms with Crippen LogP contribution >= 0.6 is 0 Å². The van der Waals surface area contributed by atoms with E-state index in [-0.39, 0.29) is 23.0 Å². The predicted octanol–water partition coefficient (Wildman–Crippen LogP) is 5.75. The second-order valence-electron chi connectivity index (χ2n) is 10.6. The number of hydrogen-bond donors (Lipinski definition) is 4. The van der Waals surface area contributed by atoms with Gasteiger partial charge in [0.2, 0.25) is 11.7 Å². The zero-order valence-corrected chi connectivity index (χ0v) is 24.7. The summed E-state index contributed by atoms with van der Waals surface area (Å²) in [4.78, 5) is 7.47. The van der Waals surface area contributed by atoms with Crippen LogP contribution in [0.2, 0.25) is 0 Å². The second-order valence-corrected chi connectivity index (χ2v) is 12.2. The molecule has 2 heterocycles. The molecule has 6 aromatic rings. The Morgan fingerprint density at radius 2 is 1.67 bits per heavy atom. The maximum Gasteiger partial charge on any atom is 0.261 e. The summed E-state index contributed by atoms with van der Waals surface area (Å²) >= 11 is 0. The number of aliphatic hydroxyl groups is 1. The van der Waals surface area contributed by atoms with Crippen molar-refractivity contribution in [3.63, 3.8) is 0 Å². The number of hydrogen-bond acceptors (Lipinski definition) is 7. The standard InChI is InChI=1S/C33H29F2N5O4S/c34-28-11-3-22(17-29(28)35)18-32-38-33(39-44-32)23-4-9-27(10-5-23)45(42,43)40-26-7-1-21(2-8-26)13-15-36-20-31(41)25-6-12-30-24(19-25)14-16-37-30/h1-12,14,16-17,19,31,36-37,40-41H,13,15,18,20H2. The van der Waals surface area contributed by atoms with E-state index in [0.717, 1.165) is 34.2 Å². The van der Waals surface area contributed by atoms with E-state index in [9.17, 15) is 22.3 Å². The third kappa shape index (κ3) is 7.26. The third-order valence-corrected chi connectivity index (χ3v) is 8.72. The number of aromatic nitrogens is 3. The van der Waals surface area contributed by atoms with Gasteiger partial charge in [-0.1, -0.05) is 29.4 Å². The molecule has 45 heavy (non-hydrogen) atoms. The zero-order valence-electron chi connectivity index (χ0n) is 23.9. The number of anilines is 1. The second kappa shape index (κ2) is 13.0. The van der Waals surface area contributed by atoms with E-state index in [1.807, 2.05) is 42.6 Å². The van der Waals surface area contributed by atoms with Gasteiger partial charge in [-0.15, -0.1) is 0 Å². The van der Waals surface area contributed by atoms with Gasteiger partial charge in [-0.2, -0.15) is 4.98 Å². The van der Waals surface area contributed by atoms with Crippen molar-refractivity contribution in [2.75, 3.05) is 17.8 Å². The number of rotatable bonds is 12. The molecule has 0 aliphatic rings. The van der Waals surface area contributed by atoms with Crippen LogP contribution in [0.25, 0.3) is 22.3 Å². The van der Waals surface area contributed by atoms with E-state index in [0.29, 0.717) is 36.3 Å². The Hall–Kier alpha value is -4.91. The van der Waals surface area contributed by atoms with E-state index in [1.54, 1.807) is 24.3 Å². The maximum atomic E-state index is 13.5. The van der Waals surface area contributed by atoms with Crippen molar-refractivity contribution in [2.24, 2.45) is 0 Å². The van der Waals surface area contributed by atoms with E-state index >= 15 is 0 Å². The van der Waals surface area contributed by atoms with Gasteiger partial charge in [0.15, 0.2) is 11.6 Å². The molecule has 6 rings (SSSR count). The van der Waals surface area contributed by atoms with Crippen molar-refractivity contribution in [3.05, 3.63) is 131 Å². The molecule has 1 unspecified atom stereocenters. The molecule has 0 amide bonds. The SMILES string of the molecule is O=S(=O)(Nc1ccc(CCNCC(O)c2ccc3[nH]ccc3c2)cc1)c1ccc(-c2noc(Cc3ccc(F)c(F)c3)n2)cc1. The molecule has 1 atom stereocenters. The molecule has 4 aromatic carbocycles. The largest absolute Gasteiger partial charge is 0.387 e. The Morgan fingerprint density at radius 3 is 2.44 bits per heavy atom. The highest BCUT2D eigenvalue weighted by Gasteiger charge is 2.16. The van der Waals surface area contributed by atoms with E-state index < -0.39 is 27.8 Å². The number of sulfonamides is 1. The van der Waals surface area contributed by atoms with Crippen LogP contribution in [0.15, 0.2) is 107 Å². The monoisotopic (exact) mass is 629 g/mol. The molecule has 0 spiro atoms. The first-order valence-corrected chi connectivity index (χ1v) is 15.7. The molecule has 0 bridgehead atoms. The highest BCUT2D eigenvalue weighted by Crippen LogP contribution is 2.23. The summed E-state index contributed by atoms with van der Waals surface area (Å²) in [5, 5.41) is 18.8. The molecular formula is C33H29F2N5O4S. The van der Waals surface area contributed by atoms with Crippen molar-refractivity contribution in [3.8, 4) is 11.4 Å². The van der Waals surface area contributed by atoms with Gasteiger partial charge in [0.05, 0.1) is 17.4 Å². The van der Waals surface area contributed by atoms with Crippen molar-refractivity contribution < 1.29 is 26.8 Å². The van der Waals surface area contributed by atoms with Gasteiger partial charge < -0.3 is 19.9 Å². The van der Waals surface area contributed by atoms with Crippen molar-refractivity contribution in [1.82, 2.24) is 20.4 Å². The smallest absolute Gasteiger partial charge is 0.261 e. The Bertz CT molecular complexity index is 2030. The summed E-state index contributed by atoms with van der Waals surface area (Å²) in [7, 11) is -3.86. The van der Waals surface area contributed by atoms with E-state index in [2.05, 4.69) is 25.2 Å². The summed E-state index contributed by atoms with van der Waals surface area (Å²) in [6.07, 6.45) is 2.06. The van der Waals surface area contributed by atoms with Gasteiger partial charge in [-0.3, -0.25) is 4.72 Å². The minimum absolute atomic E-state index is 0.0549. The molecule has 0 saturated carbocycles. The maximum absolute atomic E-state index is 13.5. The molecule has 230 valence electrons. The Morgan fingerprint density at radius 1 is 0.889 bits per heavy atom. The highest BCUT2D eigenvalue weighted by molar-refractivity contribution is 7.92. The lowest BCUT2D eigenvalue weighted by Gasteiger charge is -2.13. The van der Waals surface area contributed by atoms with Crippen LogP contribution in [-0.2, 0) is 22.9 Å². The number of benzene rings is 4. The number of aromatic amines is 1. The Labute approximate surface area is 258 Å². The van der Waals surface area contributed by atoms with Gasteiger partial charge in [-0.25, -0.2) is 17.2 Å². The normalized spacial score (nSPS) is 12.4. The molecule has 0 saturated heterocycles. The number of nitrogens with zero attached hydrogens (tertiary/aromatic N) is 2. The fourth-order valence-electron chi connectivity index (χ4n) is 4.87. The molecule has 4 N–H and O–H groups in total. The van der Waals surface area contributed by atoms with E-state index in [4.69, 9.17) is 4.52 Å². The van der Waals surface area contributed by atoms with Gasteiger partial charge in [0.1, 0.15) is 0 Å². The molecule has 9 nitrogen and oxygen atoms in total. The number of fused-ring (bicyclic) bond motifs is 1. The average Bonchev–Trinajstić information content (AvgIpc) is 3.71. The number of H-pyrrole nitrogens is 1. The van der Waals surface area contributed by atoms with Gasteiger partial charge in [-0.05, 0) is 102 Å². The Balaban J connectivity index is 0.993. The first-order valence-electron chi connectivity index (χ1n) is 14.2. The van der Waals surface area contributed by atoms with Crippen LogP contribution < -0.4 is 10.0 Å². The quantitative estimate of drug-likeness (QED) is 0.127. The van der Waals surface area contributed by atoms with Crippen LogP contribution in [0.4, 0.5) is 14.5 Å². The molecule has 12 heteroatoms. The van der Waals surface area contributed by atoms with Gasteiger partial charge in [0, 0.05) is 29.5 Å². The lowest BCUT2D eigenvalue weighted by Crippen LogP contribution is -2.23. The van der Waals surface area contributed by atoms with Gasteiger partial charge in [0.25, 0.3) is 10.0 Å². The molecule has 0 aliphatic heterocycles. The number of aliphatic hydroxyl groups excluding tert-OH is 1. The van der Waals surface area contributed by atoms with E-state index in [1.165, 1.54) is 18.2 Å². The fourth-order valence-corrected chi connectivity index (χ4v) is 5.93. The topological polar surface area (TPSA) is 133 Å². The van der Waals surface area contributed by atoms with Crippen molar-refractivity contribution in [1.29, 1.82) is 0 Å². The number of nitrogens with one attached hydrogen (secondary N) is 3. The summed E-state index contributed by atoms with van der Waals surface area (Å²) in [6.45, 7) is 1.06. The summed E-state index contributed by atoms with van der Waals surface area (Å²) in [5.41, 5.74) is 4.31. The van der Waals surface area contributed by atoms with Crippen LogP contribution in [0.3, 0.4) is 0 Å². The van der Waals surface area contributed by atoms with Crippen LogP contribution in [0.5, 0.6) is 0 Å². The highest BCUT2D eigenvalue weighted by atomic mass is 32.2.